The number of hydrogen-bond acceptors (Lipinski definition) is 8. The minimum absolute atomic E-state index is 0.365. The Labute approximate surface area is 235 Å². The van der Waals surface area contributed by atoms with Crippen molar-refractivity contribution in [2.45, 2.75) is 13.1 Å². The van der Waals surface area contributed by atoms with E-state index in [4.69, 9.17) is 10.7 Å². The van der Waals surface area contributed by atoms with Crippen LogP contribution in [0.25, 0.3) is 22.0 Å². The van der Waals surface area contributed by atoms with Crippen LogP contribution in [-0.2, 0) is 13.1 Å². The molecule has 10 nitrogen and oxygen atoms in total. The Hall–Kier alpha value is -3.70. The van der Waals surface area contributed by atoms with Gasteiger partial charge in [0.2, 0.25) is 0 Å². The van der Waals surface area contributed by atoms with E-state index in [9.17, 15) is 0 Å². The lowest BCUT2D eigenvalue weighted by Gasteiger charge is -2.32. The lowest BCUT2D eigenvalue weighted by atomic mass is 10.0. The van der Waals surface area contributed by atoms with Crippen molar-refractivity contribution < 1.29 is 0 Å². The zero-order valence-corrected chi connectivity index (χ0v) is 23.4. The Morgan fingerprint density at radius 1 is 0.775 bits per heavy atom. The van der Waals surface area contributed by atoms with Crippen molar-refractivity contribution >= 4 is 22.4 Å². The number of likely N-dealkylation sites (N-methyl/N-ethyl adjacent to an activating group) is 2. The maximum absolute atomic E-state index is 6.52. The fourth-order valence-corrected chi connectivity index (χ4v) is 5.46. The van der Waals surface area contributed by atoms with Gasteiger partial charge < -0.3 is 15.5 Å². The van der Waals surface area contributed by atoms with Crippen molar-refractivity contribution in [1.29, 1.82) is 0 Å². The van der Waals surface area contributed by atoms with Gasteiger partial charge >= 0.3 is 0 Å². The third-order valence-electron chi connectivity index (χ3n) is 7.97. The fourth-order valence-electron chi connectivity index (χ4n) is 5.46. The predicted octanol–water partition coefficient (Wildman–Crippen LogP) is 2.55. The van der Waals surface area contributed by atoms with Crippen LogP contribution in [0.5, 0.6) is 0 Å². The first-order valence-corrected chi connectivity index (χ1v) is 14.0. The molecule has 2 aliphatic heterocycles. The van der Waals surface area contributed by atoms with E-state index in [1.165, 1.54) is 5.56 Å². The summed E-state index contributed by atoms with van der Waals surface area (Å²) in [6, 6.07) is 10.6. The summed E-state index contributed by atoms with van der Waals surface area (Å²) in [4.78, 5) is 23.4. The number of nitrogens with one attached hydrogen (secondary N) is 1. The maximum atomic E-state index is 6.52. The fraction of sp³-hybridized carbons (Fsp3) is 0.400. The van der Waals surface area contributed by atoms with Crippen LogP contribution >= 0.6 is 0 Å². The van der Waals surface area contributed by atoms with Crippen molar-refractivity contribution in [3.8, 4) is 11.1 Å². The lowest BCUT2D eigenvalue weighted by molar-refractivity contribution is 0.148. The molecule has 10 heteroatoms. The highest BCUT2D eigenvalue weighted by atomic mass is 15.2. The Morgan fingerprint density at radius 3 is 2.08 bits per heavy atom. The summed E-state index contributed by atoms with van der Waals surface area (Å²) in [5.74, 6) is 0.365. The molecule has 6 rings (SSSR count). The molecule has 2 saturated heterocycles. The third kappa shape index (κ3) is 6.20. The number of hydrogen-bond donors (Lipinski definition) is 2. The van der Waals surface area contributed by atoms with Crippen LogP contribution in [0.4, 0.5) is 5.69 Å². The molecule has 3 aromatic heterocycles. The molecule has 0 saturated carbocycles. The number of fused-ring (bicyclic) bond motifs is 1. The highest BCUT2D eigenvalue weighted by Crippen LogP contribution is 2.27. The van der Waals surface area contributed by atoms with Gasteiger partial charge in [0.25, 0.3) is 0 Å². The van der Waals surface area contributed by atoms with Crippen molar-refractivity contribution in [2.75, 3.05) is 66.5 Å². The number of piperazine rings is 2. The highest BCUT2D eigenvalue weighted by molar-refractivity contribution is 6.08. The van der Waals surface area contributed by atoms with E-state index in [-0.39, 0.29) is 0 Å². The number of aromatic nitrogens is 4. The summed E-state index contributed by atoms with van der Waals surface area (Å²) in [7, 11) is 4.35. The third-order valence-corrected chi connectivity index (χ3v) is 7.97. The van der Waals surface area contributed by atoms with Crippen LogP contribution in [0.15, 0.2) is 60.1 Å². The van der Waals surface area contributed by atoms with E-state index in [1.807, 2.05) is 24.7 Å². The SMILES string of the molecule is CN1CCN(Cc2cncc(N=C(N)c3n[nH]c4ccc(-c5cncc(CN6CCN(C)CC6)c5)cc34)c2)CC1. The Balaban J connectivity index is 1.20. The minimum Gasteiger partial charge on any atom is -0.382 e. The van der Waals surface area contributed by atoms with Crippen molar-refractivity contribution in [1.82, 2.24) is 39.8 Å². The van der Waals surface area contributed by atoms with Gasteiger partial charge in [-0.3, -0.25) is 24.9 Å². The van der Waals surface area contributed by atoms with E-state index in [0.717, 1.165) is 98.7 Å². The summed E-state index contributed by atoms with van der Waals surface area (Å²) in [6.45, 7) is 10.4. The average molecular weight is 539 g/mol. The van der Waals surface area contributed by atoms with Gasteiger partial charge in [-0.2, -0.15) is 5.10 Å². The first kappa shape index (κ1) is 26.5. The van der Waals surface area contributed by atoms with Gasteiger partial charge in [-0.25, -0.2) is 4.99 Å². The van der Waals surface area contributed by atoms with Gasteiger partial charge in [0.05, 0.1) is 17.4 Å². The van der Waals surface area contributed by atoms with Crippen LogP contribution in [0, 0.1) is 0 Å². The summed E-state index contributed by atoms with van der Waals surface area (Å²) in [5.41, 5.74) is 13.3. The Morgan fingerprint density at radius 2 is 1.40 bits per heavy atom. The largest absolute Gasteiger partial charge is 0.382 e. The van der Waals surface area contributed by atoms with Crippen LogP contribution in [0.2, 0.25) is 0 Å². The number of rotatable bonds is 7. The number of benzene rings is 1. The molecule has 3 N–H and O–H groups in total. The number of aliphatic imine (C=N–C) groups is 1. The molecule has 0 amide bonds. The monoisotopic (exact) mass is 538 g/mol. The lowest BCUT2D eigenvalue weighted by Crippen LogP contribution is -2.43. The number of H-pyrrole nitrogens is 1. The molecule has 1 aromatic carbocycles. The van der Waals surface area contributed by atoms with Gasteiger partial charge in [0, 0.05) is 95.0 Å². The molecule has 2 aliphatic rings. The molecular weight excluding hydrogens is 500 g/mol. The molecule has 4 aromatic rings. The van der Waals surface area contributed by atoms with Crippen LogP contribution in [-0.4, -0.2) is 112 Å². The van der Waals surface area contributed by atoms with Crippen LogP contribution in [0.1, 0.15) is 16.8 Å². The van der Waals surface area contributed by atoms with E-state index in [0.29, 0.717) is 11.5 Å². The number of amidine groups is 1. The second kappa shape index (κ2) is 11.8. The molecule has 0 spiro atoms. The molecule has 0 radical (unpaired) electrons. The van der Waals surface area contributed by atoms with Crippen molar-refractivity contribution in [2.24, 2.45) is 10.7 Å². The molecule has 2 fully saturated rings. The highest BCUT2D eigenvalue weighted by Gasteiger charge is 2.16. The van der Waals surface area contributed by atoms with E-state index < -0.39 is 0 Å². The first-order valence-electron chi connectivity index (χ1n) is 14.0. The van der Waals surface area contributed by atoms with Gasteiger partial charge in [-0.15, -0.1) is 0 Å². The van der Waals surface area contributed by atoms with Crippen molar-refractivity contribution in [3.63, 3.8) is 0 Å². The molecule has 0 aliphatic carbocycles. The zero-order valence-electron chi connectivity index (χ0n) is 23.4. The molecule has 208 valence electrons. The second-order valence-electron chi connectivity index (χ2n) is 11.1. The van der Waals surface area contributed by atoms with Crippen molar-refractivity contribution in [3.05, 3.63) is 71.9 Å². The predicted molar refractivity (Wildman–Crippen MR) is 159 cm³/mol. The molecular formula is C30H38N10. The van der Waals surface area contributed by atoms with Gasteiger partial charge in [-0.05, 0) is 55.1 Å². The summed E-state index contributed by atoms with van der Waals surface area (Å²) in [6.07, 6.45) is 7.55. The number of aromatic amines is 1. The van der Waals surface area contributed by atoms with E-state index in [2.05, 4.69) is 78.1 Å². The zero-order chi connectivity index (χ0) is 27.5. The molecule has 0 bridgehead atoms. The maximum Gasteiger partial charge on any atom is 0.152 e. The van der Waals surface area contributed by atoms with Gasteiger partial charge in [0.1, 0.15) is 5.69 Å². The van der Waals surface area contributed by atoms with Gasteiger partial charge in [-0.1, -0.05) is 6.07 Å². The minimum atomic E-state index is 0.365. The summed E-state index contributed by atoms with van der Waals surface area (Å²) >= 11 is 0. The summed E-state index contributed by atoms with van der Waals surface area (Å²) < 4.78 is 0. The number of nitrogens with two attached hydrogens (primary N) is 1. The average Bonchev–Trinajstić information content (AvgIpc) is 3.40. The topological polar surface area (TPSA) is 106 Å². The van der Waals surface area contributed by atoms with E-state index >= 15 is 0 Å². The number of nitrogens with zero attached hydrogens (tertiary/aromatic N) is 8. The molecule has 0 atom stereocenters. The Kier molecular flexibility index (Phi) is 7.83. The molecule has 0 unspecified atom stereocenters. The second-order valence-corrected chi connectivity index (χ2v) is 11.1. The quantitative estimate of drug-likeness (QED) is 0.273. The Bertz CT molecular complexity index is 1480. The smallest absolute Gasteiger partial charge is 0.152 e. The number of pyridine rings is 2. The normalized spacial score (nSPS) is 18.5. The van der Waals surface area contributed by atoms with E-state index in [1.54, 1.807) is 6.20 Å². The first-order chi connectivity index (χ1) is 19.5. The standard InChI is InChI=1S/C30H38N10/c1-37-5-9-39(10-6-37)20-22-13-25(18-32-16-22)24-3-4-28-27(15-24)29(36-35-28)30(31)34-26-14-23(17-33-19-26)21-40-11-7-38(2)8-12-40/h3-4,13-19H,5-12,20-21H2,1-2H3,(H2,31,34)(H,35,36). The molecule has 40 heavy (non-hydrogen) atoms. The summed E-state index contributed by atoms with van der Waals surface area (Å²) in [5, 5.41) is 8.55. The molecule has 5 heterocycles. The van der Waals surface area contributed by atoms with Gasteiger partial charge in [0.15, 0.2) is 5.84 Å². The van der Waals surface area contributed by atoms with Crippen LogP contribution in [0.3, 0.4) is 0 Å². The van der Waals surface area contributed by atoms with Crippen LogP contribution < -0.4 is 5.73 Å².